The fraction of sp³-hybridized carbons (Fsp3) is 0.421. The van der Waals surface area contributed by atoms with Gasteiger partial charge in [0.25, 0.3) is 0 Å². The molecule has 148 valence electrons. The zero-order chi connectivity index (χ0) is 20.0. The third-order valence-electron chi connectivity index (χ3n) is 4.43. The van der Waals surface area contributed by atoms with Crippen molar-refractivity contribution in [3.05, 3.63) is 47.7 Å². The largest absolute Gasteiger partial charge is 0.474 e. The van der Waals surface area contributed by atoms with Crippen LogP contribution in [0.1, 0.15) is 35.0 Å². The van der Waals surface area contributed by atoms with Crippen LogP contribution in [0.15, 0.2) is 35.8 Å². The molecule has 0 bridgehead atoms. The molecule has 8 nitrogen and oxygen atoms in total. The number of rotatable bonds is 8. The lowest BCUT2D eigenvalue weighted by Gasteiger charge is -2.29. The summed E-state index contributed by atoms with van der Waals surface area (Å²) < 4.78 is 10.3. The molecule has 0 fully saturated rings. The van der Waals surface area contributed by atoms with E-state index in [1.165, 1.54) is 12.4 Å². The molecule has 0 radical (unpaired) electrons. The molecule has 0 saturated carbocycles. The summed E-state index contributed by atoms with van der Waals surface area (Å²) in [5.41, 5.74) is 7.53. The fourth-order valence-electron chi connectivity index (χ4n) is 2.81. The molecule has 0 aromatic carbocycles. The molecule has 0 spiro atoms. The van der Waals surface area contributed by atoms with Crippen LogP contribution in [-0.4, -0.2) is 52.0 Å². The molecule has 2 N–H and O–H groups in total. The van der Waals surface area contributed by atoms with Crippen LogP contribution in [0, 0.1) is 0 Å². The molecule has 1 atom stereocenters. The Labute approximate surface area is 168 Å². The minimum absolute atomic E-state index is 0.137. The lowest BCUT2D eigenvalue weighted by atomic mass is 9.90. The number of pyridine rings is 1. The van der Waals surface area contributed by atoms with Gasteiger partial charge in [-0.25, -0.2) is 9.97 Å². The van der Waals surface area contributed by atoms with Gasteiger partial charge in [0, 0.05) is 31.7 Å². The van der Waals surface area contributed by atoms with Crippen LogP contribution in [0.4, 0.5) is 0 Å². The van der Waals surface area contributed by atoms with E-state index in [4.69, 9.17) is 15.2 Å². The summed E-state index contributed by atoms with van der Waals surface area (Å²) in [5, 5.41) is 0.582. The highest BCUT2D eigenvalue weighted by atomic mass is 32.2. The second-order valence-electron chi connectivity index (χ2n) is 6.59. The van der Waals surface area contributed by atoms with Crippen molar-refractivity contribution in [3.8, 4) is 5.88 Å². The van der Waals surface area contributed by atoms with E-state index in [2.05, 4.69) is 19.9 Å². The molecule has 9 heteroatoms. The second-order valence-corrected chi connectivity index (χ2v) is 7.70. The number of ether oxygens (including phenoxy) is 2. The van der Waals surface area contributed by atoms with Crippen LogP contribution >= 0.6 is 11.8 Å². The number of ketones is 1. The highest BCUT2D eigenvalue weighted by molar-refractivity contribution is 8.13. The second kappa shape index (κ2) is 9.11. The maximum Gasteiger partial charge on any atom is 0.232 e. The number of carbonyl (C=O) groups is 1. The van der Waals surface area contributed by atoms with Crippen molar-refractivity contribution in [2.24, 2.45) is 10.7 Å². The van der Waals surface area contributed by atoms with Gasteiger partial charge in [-0.1, -0.05) is 11.8 Å². The number of Topliss-reactive ketones (excluding diaryl/α,β-unsaturated/α-hetero) is 1. The summed E-state index contributed by atoms with van der Waals surface area (Å²) in [4.78, 5) is 29.7. The number of hydrogen-bond acceptors (Lipinski definition) is 9. The minimum atomic E-state index is -0.414. The van der Waals surface area contributed by atoms with Gasteiger partial charge in [-0.3, -0.25) is 14.8 Å². The molecular formula is C19H23N5O3S. The van der Waals surface area contributed by atoms with Crippen molar-refractivity contribution >= 4 is 22.7 Å². The lowest BCUT2D eigenvalue weighted by Crippen LogP contribution is -2.29. The Morgan fingerprint density at radius 2 is 2.11 bits per heavy atom. The van der Waals surface area contributed by atoms with Gasteiger partial charge in [-0.15, -0.1) is 0 Å². The number of aromatic nitrogens is 3. The molecule has 0 unspecified atom stereocenters. The van der Waals surface area contributed by atoms with Gasteiger partial charge in [-0.05, 0) is 30.5 Å². The Morgan fingerprint density at radius 1 is 1.25 bits per heavy atom. The number of carbonyl (C=O) groups excluding carboxylic acids is 1. The van der Waals surface area contributed by atoms with Crippen molar-refractivity contribution in [1.29, 1.82) is 0 Å². The zero-order valence-electron chi connectivity index (χ0n) is 15.9. The van der Waals surface area contributed by atoms with Crippen LogP contribution in [0.25, 0.3) is 0 Å². The molecule has 1 aliphatic heterocycles. The quantitative estimate of drug-likeness (QED) is 0.528. The van der Waals surface area contributed by atoms with E-state index < -0.39 is 5.54 Å². The Balaban J connectivity index is 1.68. The van der Waals surface area contributed by atoms with Gasteiger partial charge in [0.1, 0.15) is 12.3 Å². The highest BCUT2D eigenvalue weighted by Crippen LogP contribution is 2.34. The summed E-state index contributed by atoms with van der Waals surface area (Å²) in [6.07, 6.45) is 7.39. The smallest absolute Gasteiger partial charge is 0.232 e. The molecule has 28 heavy (non-hydrogen) atoms. The van der Waals surface area contributed by atoms with Gasteiger partial charge >= 0.3 is 0 Å². The van der Waals surface area contributed by atoms with E-state index in [9.17, 15) is 4.79 Å². The molecule has 2 aromatic heterocycles. The average molecular weight is 401 g/mol. The summed E-state index contributed by atoms with van der Waals surface area (Å²) in [6.45, 7) is 2.87. The summed E-state index contributed by atoms with van der Waals surface area (Å²) >= 11 is 1.56. The van der Waals surface area contributed by atoms with Crippen molar-refractivity contribution in [1.82, 2.24) is 15.0 Å². The van der Waals surface area contributed by atoms with Crippen LogP contribution in [0.2, 0.25) is 0 Å². The molecule has 2 aromatic rings. The number of methoxy groups -OCH3 is 1. The van der Waals surface area contributed by atoms with E-state index in [-0.39, 0.29) is 17.9 Å². The van der Waals surface area contributed by atoms with E-state index in [0.717, 1.165) is 23.3 Å². The van der Waals surface area contributed by atoms with Crippen molar-refractivity contribution in [2.75, 3.05) is 26.1 Å². The van der Waals surface area contributed by atoms with Gasteiger partial charge in [0.15, 0.2) is 11.0 Å². The van der Waals surface area contributed by atoms with Gasteiger partial charge in [-0.2, -0.15) is 0 Å². The van der Waals surface area contributed by atoms with E-state index in [0.29, 0.717) is 24.3 Å². The molecule has 0 saturated heterocycles. The highest BCUT2D eigenvalue weighted by Gasteiger charge is 2.30. The average Bonchev–Trinajstić information content (AvgIpc) is 2.69. The van der Waals surface area contributed by atoms with E-state index in [1.54, 1.807) is 31.3 Å². The number of amidine groups is 1. The maximum atomic E-state index is 12.6. The molecule has 3 rings (SSSR count). The Bertz CT molecular complexity index is 859. The monoisotopic (exact) mass is 401 g/mol. The summed E-state index contributed by atoms with van der Waals surface area (Å²) in [7, 11) is 1.59. The standard InChI is InChI=1S/C19H23N5O3S/c1-19(3-6-28-18(20)24-19)14-7-13(9-21-10-14)8-16(25)15-11-23-17(12-22-15)27-5-4-26-2/h7,9-12H,3-6,8H2,1-2H3,(H2,20,24)/t19-/m0/s1. The van der Waals surface area contributed by atoms with Crippen molar-refractivity contribution in [3.63, 3.8) is 0 Å². The molecular weight excluding hydrogens is 378 g/mol. The number of nitrogens with zero attached hydrogens (tertiary/aromatic N) is 4. The third kappa shape index (κ3) is 5.05. The zero-order valence-corrected chi connectivity index (χ0v) is 16.7. The topological polar surface area (TPSA) is 113 Å². The van der Waals surface area contributed by atoms with Crippen LogP contribution in [0.3, 0.4) is 0 Å². The number of thioether (sulfide) groups is 1. The Morgan fingerprint density at radius 3 is 2.82 bits per heavy atom. The van der Waals surface area contributed by atoms with Crippen LogP contribution in [0.5, 0.6) is 5.88 Å². The first-order valence-electron chi connectivity index (χ1n) is 8.90. The first kappa shape index (κ1) is 20.2. The summed E-state index contributed by atoms with van der Waals surface area (Å²) in [5.74, 6) is 1.13. The molecule has 0 amide bonds. The van der Waals surface area contributed by atoms with Crippen molar-refractivity contribution in [2.45, 2.75) is 25.3 Å². The minimum Gasteiger partial charge on any atom is -0.474 e. The normalized spacial score (nSPS) is 19.1. The first-order chi connectivity index (χ1) is 13.5. The van der Waals surface area contributed by atoms with E-state index in [1.807, 2.05) is 13.0 Å². The molecule has 0 aliphatic carbocycles. The van der Waals surface area contributed by atoms with Crippen LogP contribution in [-0.2, 0) is 16.7 Å². The lowest BCUT2D eigenvalue weighted by molar-refractivity contribution is 0.0987. The molecule has 3 heterocycles. The third-order valence-corrected chi connectivity index (χ3v) is 5.22. The Kier molecular flexibility index (Phi) is 6.58. The number of hydrogen-bond donors (Lipinski definition) is 1. The fourth-order valence-corrected chi connectivity index (χ4v) is 3.79. The van der Waals surface area contributed by atoms with Crippen molar-refractivity contribution < 1.29 is 14.3 Å². The number of nitrogens with two attached hydrogens (primary N) is 1. The molecule has 1 aliphatic rings. The van der Waals surface area contributed by atoms with Gasteiger partial charge < -0.3 is 15.2 Å². The predicted molar refractivity (Wildman–Crippen MR) is 108 cm³/mol. The Hall–Kier alpha value is -2.52. The maximum absolute atomic E-state index is 12.6. The van der Waals surface area contributed by atoms with Gasteiger partial charge in [0.2, 0.25) is 5.88 Å². The summed E-state index contributed by atoms with van der Waals surface area (Å²) in [6, 6.07) is 1.97. The number of aliphatic imine (C=N–C) groups is 1. The van der Waals surface area contributed by atoms with Gasteiger partial charge in [0.05, 0.1) is 24.5 Å². The first-order valence-corrected chi connectivity index (χ1v) is 9.88. The SMILES string of the molecule is COCCOc1cnc(C(=O)Cc2cncc([C@]3(C)CCSC(N)=N3)c2)cn1. The van der Waals surface area contributed by atoms with Crippen LogP contribution < -0.4 is 10.5 Å². The van der Waals surface area contributed by atoms with E-state index >= 15 is 0 Å². The predicted octanol–water partition coefficient (Wildman–Crippen LogP) is 1.99.